The van der Waals surface area contributed by atoms with E-state index in [9.17, 15) is 9.59 Å². The molecule has 0 radical (unpaired) electrons. The van der Waals surface area contributed by atoms with Gasteiger partial charge in [-0.15, -0.1) is 0 Å². The number of aldehydes is 1. The molecule has 1 saturated carbocycles. The highest BCUT2D eigenvalue weighted by molar-refractivity contribution is 5.57. The normalized spacial score (nSPS) is 23.9. The molecule has 27 heavy (non-hydrogen) atoms. The molecule has 1 N–H and O–H groups in total. The third kappa shape index (κ3) is 3.63. The Morgan fingerprint density at radius 3 is 2.67 bits per heavy atom. The fourth-order valence-corrected chi connectivity index (χ4v) is 4.31. The van der Waals surface area contributed by atoms with Gasteiger partial charge in [-0.1, -0.05) is 0 Å². The number of nitrogens with one attached hydrogen (secondary N) is 1. The second-order valence-electron chi connectivity index (χ2n) is 8.12. The van der Waals surface area contributed by atoms with E-state index < -0.39 is 0 Å². The second-order valence-corrected chi connectivity index (χ2v) is 8.12. The molecule has 6 heteroatoms. The van der Waals surface area contributed by atoms with Gasteiger partial charge in [-0.3, -0.25) is 9.20 Å². The molecule has 1 atom stereocenters. The quantitative estimate of drug-likeness (QED) is 0.822. The highest BCUT2D eigenvalue weighted by Crippen LogP contribution is 2.29. The summed E-state index contributed by atoms with van der Waals surface area (Å²) in [5.74, 6) is 0.983. The van der Waals surface area contributed by atoms with Gasteiger partial charge in [-0.05, 0) is 57.6 Å². The largest absolute Gasteiger partial charge is 0.356 e. The number of rotatable bonds is 5. The van der Waals surface area contributed by atoms with Crippen molar-refractivity contribution in [3.05, 3.63) is 39.8 Å². The average Bonchev–Trinajstić information content (AvgIpc) is 2.64. The van der Waals surface area contributed by atoms with Crippen LogP contribution in [0.25, 0.3) is 5.65 Å². The number of fused-ring (bicyclic) bond motifs is 1. The van der Waals surface area contributed by atoms with Gasteiger partial charge in [-0.2, -0.15) is 0 Å². The van der Waals surface area contributed by atoms with Crippen molar-refractivity contribution >= 4 is 17.8 Å². The summed E-state index contributed by atoms with van der Waals surface area (Å²) < 4.78 is 1.67. The zero-order chi connectivity index (χ0) is 19.0. The van der Waals surface area contributed by atoms with Crippen LogP contribution in [0.15, 0.2) is 23.1 Å². The molecule has 1 aliphatic carbocycles. The number of hydrogen-bond acceptors (Lipinski definition) is 5. The summed E-state index contributed by atoms with van der Waals surface area (Å²) in [5, 5.41) is 3.61. The second kappa shape index (κ2) is 7.43. The van der Waals surface area contributed by atoms with Crippen LogP contribution < -0.4 is 15.8 Å². The van der Waals surface area contributed by atoms with Crippen molar-refractivity contribution in [1.82, 2.24) is 14.7 Å². The van der Waals surface area contributed by atoms with Crippen LogP contribution in [0, 0.1) is 12.8 Å². The predicted octanol–water partition coefficient (Wildman–Crippen LogP) is 2.62. The molecule has 3 heterocycles. The van der Waals surface area contributed by atoms with Gasteiger partial charge in [0.15, 0.2) is 0 Å². The molecule has 6 nitrogen and oxygen atoms in total. The van der Waals surface area contributed by atoms with E-state index in [-0.39, 0.29) is 17.5 Å². The summed E-state index contributed by atoms with van der Waals surface area (Å²) in [6.07, 6.45) is 8.26. The molecule has 2 aromatic heterocycles. The molecule has 0 amide bonds. The predicted molar refractivity (Wildman–Crippen MR) is 106 cm³/mol. The Bertz CT molecular complexity index is 895. The molecular weight excluding hydrogens is 340 g/mol. The first-order valence-corrected chi connectivity index (χ1v) is 10.1. The van der Waals surface area contributed by atoms with E-state index in [4.69, 9.17) is 4.98 Å². The van der Waals surface area contributed by atoms with Crippen molar-refractivity contribution in [2.45, 2.75) is 58.0 Å². The first-order chi connectivity index (χ1) is 13.0. The minimum atomic E-state index is -0.0256. The SMILES string of the molecule is Cc1cc(C(C)NC2CC(C=O)C2)c2nc(N3CCCCC3)cc(=O)n2c1. The fraction of sp³-hybridized carbons (Fsp3) is 0.571. The van der Waals surface area contributed by atoms with Crippen LogP contribution in [0.3, 0.4) is 0 Å². The number of aryl methyl sites for hydroxylation is 1. The van der Waals surface area contributed by atoms with E-state index in [2.05, 4.69) is 23.2 Å². The van der Waals surface area contributed by atoms with Crippen LogP contribution in [0.1, 0.15) is 56.2 Å². The van der Waals surface area contributed by atoms with E-state index in [0.717, 1.165) is 67.7 Å². The van der Waals surface area contributed by atoms with Gasteiger partial charge in [0.2, 0.25) is 0 Å². The van der Waals surface area contributed by atoms with Gasteiger partial charge in [0, 0.05) is 48.9 Å². The number of hydrogen-bond donors (Lipinski definition) is 1. The van der Waals surface area contributed by atoms with E-state index in [1.807, 2.05) is 13.1 Å². The zero-order valence-corrected chi connectivity index (χ0v) is 16.1. The van der Waals surface area contributed by atoms with Crippen molar-refractivity contribution < 1.29 is 4.79 Å². The summed E-state index contributed by atoms with van der Waals surface area (Å²) >= 11 is 0. The highest BCUT2D eigenvalue weighted by Gasteiger charge is 2.30. The van der Waals surface area contributed by atoms with E-state index >= 15 is 0 Å². The molecule has 1 aliphatic heterocycles. The minimum Gasteiger partial charge on any atom is -0.356 e. The first kappa shape index (κ1) is 18.2. The van der Waals surface area contributed by atoms with Crippen molar-refractivity contribution in [2.24, 2.45) is 5.92 Å². The number of carbonyl (C=O) groups is 1. The summed E-state index contributed by atoms with van der Waals surface area (Å²) in [4.78, 5) is 30.8. The van der Waals surface area contributed by atoms with Crippen molar-refractivity contribution in [3.8, 4) is 0 Å². The summed E-state index contributed by atoms with van der Waals surface area (Å²) in [5.41, 5.74) is 2.79. The lowest BCUT2D eigenvalue weighted by Gasteiger charge is -2.35. The zero-order valence-electron chi connectivity index (χ0n) is 16.1. The van der Waals surface area contributed by atoms with Crippen LogP contribution in [0.5, 0.6) is 0 Å². The molecule has 0 spiro atoms. The van der Waals surface area contributed by atoms with Gasteiger partial charge in [0.25, 0.3) is 5.56 Å². The Morgan fingerprint density at radius 1 is 1.22 bits per heavy atom. The van der Waals surface area contributed by atoms with Crippen LogP contribution in [-0.2, 0) is 4.79 Å². The highest BCUT2D eigenvalue weighted by atomic mass is 16.1. The van der Waals surface area contributed by atoms with Gasteiger partial charge >= 0.3 is 0 Å². The lowest BCUT2D eigenvalue weighted by Crippen LogP contribution is -2.43. The summed E-state index contributed by atoms with van der Waals surface area (Å²) in [7, 11) is 0. The molecule has 2 fully saturated rings. The summed E-state index contributed by atoms with van der Waals surface area (Å²) in [6.45, 7) is 6.05. The van der Waals surface area contributed by atoms with E-state index in [1.54, 1.807) is 10.5 Å². The Balaban J connectivity index is 1.69. The third-order valence-electron chi connectivity index (χ3n) is 5.91. The molecule has 4 rings (SSSR count). The molecule has 1 unspecified atom stereocenters. The molecule has 2 aromatic rings. The number of nitrogens with zero attached hydrogens (tertiary/aromatic N) is 3. The molecule has 0 aromatic carbocycles. The van der Waals surface area contributed by atoms with Crippen LogP contribution in [-0.4, -0.2) is 34.8 Å². The van der Waals surface area contributed by atoms with Crippen molar-refractivity contribution in [2.75, 3.05) is 18.0 Å². The van der Waals surface area contributed by atoms with E-state index in [1.165, 1.54) is 6.42 Å². The van der Waals surface area contributed by atoms with Gasteiger partial charge in [0.05, 0.1) is 0 Å². The number of anilines is 1. The van der Waals surface area contributed by atoms with Crippen LogP contribution in [0.2, 0.25) is 0 Å². The van der Waals surface area contributed by atoms with Crippen LogP contribution in [0.4, 0.5) is 5.82 Å². The lowest BCUT2D eigenvalue weighted by atomic mass is 9.81. The van der Waals surface area contributed by atoms with Crippen molar-refractivity contribution in [1.29, 1.82) is 0 Å². The van der Waals surface area contributed by atoms with Gasteiger partial charge in [-0.25, -0.2) is 4.98 Å². The monoisotopic (exact) mass is 368 g/mol. The first-order valence-electron chi connectivity index (χ1n) is 10.1. The fourth-order valence-electron chi connectivity index (χ4n) is 4.31. The number of piperidine rings is 1. The molecule has 0 bridgehead atoms. The third-order valence-corrected chi connectivity index (χ3v) is 5.91. The van der Waals surface area contributed by atoms with Crippen molar-refractivity contribution in [3.63, 3.8) is 0 Å². The van der Waals surface area contributed by atoms with E-state index in [0.29, 0.717) is 6.04 Å². The molecule has 144 valence electrons. The maximum atomic E-state index is 12.8. The van der Waals surface area contributed by atoms with Gasteiger partial charge in [0.1, 0.15) is 17.8 Å². The Kier molecular flexibility index (Phi) is 5.00. The smallest absolute Gasteiger partial charge is 0.259 e. The Morgan fingerprint density at radius 2 is 1.96 bits per heavy atom. The molecule has 1 saturated heterocycles. The maximum Gasteiger partial charge on any atom is 0.259 e. The number of pyridine rings is 1. The Hall–Kier alpha value is -2.21. The van der Waals surface area contributed by atoms with Gasteiger partial charge < -0.3 is 15.0 Å². The number of aromatic nitrogens is 2. The lowest BCUT2D eigenvalue weighted by molar-refractivity contribution is -0.113. The Labute approximate surface area is 159 Å². The summed E-state index contributed by atoms with van der Waals surface area (Å²) in [6, 6.07) is 4.21. The number of carbonyl (C=O) groups excluding carboxylic acids is 1. The minimum absolute atomic E-state index is 0.0256. The standard InChI is InChI=1S/C21H28N4O2/c1-14-8-18(15(2)22-17-9-16(10-17)13-26)21-23-19(11-20(27)25(21)12-14)24-6-4-3-5-7-24/h8,11-13,15-17,22H,3-7,9-10H2,1-2H3. The molecular formula is C21H28N4O2. The average molecular weight is 368 g/mol. The maximum absolute atomic E-state index is 12.8. The van der Waals surface area contributed by atoms with Crippen LogP contribution >= 0.6 is 0 Å². The topological polar surface area (TPSA) is 66.7 Å². The molecule has 2 aliphatic rings.